The molecule has 1 aromatic carbocycles. The molecular formula is C13H14ClN3OS. The maximum Gasteiger partial charge on any atom is 0.205 e. The smallest absolute Gasteiger partial charge is 0.205 e. The van der Waals surface area contributed by atoms with Crippen molar-refractivity contribution in [1.82, 2.24) is 10.2 Å². The summed E-state index contributed by atoms with van der Waals surface area (Å²) < 4.78 is 5.13. The molecule has 4 nitrogen and oxygen atoms in total. The second-order valence-corrected chi connectivity index (χ2v) is 5.96. The molecule has 0 aliphatic heterocycles. The first-order valence-electron chi connectivity index (χ1n) is 6.16. The number of aromatic nitrogens is 2. The number of ether oxygens (including phenoxy) is 1. The van der Waals surface area contributed by atoms with Gasteiger partial charge in [0, 0.05) is 12.5 Å². The van der Waals surface area contributed by atoms with Crippen molar-refractivity contribution in [3.63, 3.8) is 0 Å². The van der Waals surface area contributed by atoms with Crippen LogP contribution in [0.25, 0.3) is 0 Å². The fraction of sp³-hybridized carbons (Fsp3) is 0.385. The van der Waals surface area contributed by atoms with Gasteiger partial charge in [0.05, 0.1) is 12.1 Å². The van der Waals surface area contributed by atoms with Crippen LogP contribution in [0.3, 0.4) is 0 Å². The Hall–Kier alpha value is -1.33. The summed E-state index contributed by atoms with van der Waals surface area (Å²) in [5.74, 6) is 1.35. The van der Waals surface area contributed by atoms with Crippen LogP contribution < -0.4 is 10.1 Å². The lowest BCUT2D eigenvalue weighted by Crippen LogP contribution is -1.99. The van der Waals surface area contributed by atoms with E-state index >= 15 is 0 Å². The minimum Gasteiger partial charge on any atom is -0.495 e. The highest BCUT2D eigenvalue weighted by Gasteiger charge is 2.27. The van der Waals surface area contributed by atoms with Gasteiger partial charge in [-0.15, -0.1) is 10.2 Å². The molecule has 0 bridgehead atoms. The lowest BCUT2D eigenvalue weighted by molar-refractivity contribution is 0.415. The Kier molecular flexibility index (Phi) is 3.57. The van der Waals surface area contributed by atoms with E-state index < -0.39 is 0 Å². The second kappa shape index (κ2) is 5.35. The summed E-state index contributed by atoms with van der Waals surface area (Å²) in [5.41, 5.74) is 1.09. The van der Waals surface area contributed by atoms with Crippen LogP contribution in [0, 0.1) is 0 Å². The summed E-state index contributed by atoms with van der Waals surface area (Å²) in [6.45, 7) is 0.684. The number of rotatable bonds is 5. The van der Waals surface area contributed by atoms with Crippen molar-refractivity contribution in [2.24, 2.45) is 0 Å². The molecule has 0 atom stereocenters. The molecule has 100 valence electrons. The number of nitrogens with zero attached hydrogens (tertiary/aromatic N) is 2. The van der Waals surface area contributed by atoms with E-state index in [2.05, 4.69) is 15.5 Å². The van der Waals surface area contributed by atoms with E-state index in [4.69, 9.17) is 16.3 Å². The van der Waals surface area contributed by atoms with Gasteiger partial charge in [0.15, 0.2) is 0 Å². The molecule has 2 aromatic rings. The van der Waals surface area contributed by atoms with Crippen LogP contribution >= 0.6 is 22.9 Å². The summed E-state index contributed by atoms with van der Waals surface area (Å²) in [4.78, 5) is 0. The highest BCUT2D eigenvalue weighted by Crippen LogP contribution is 2.42. The minimum absolute atomic E-state index is 0.623. The van der Waals surface area contributed by atoms with Crippen LogP contribution in [0.5, 0.6) is 5.75 Å². The van der Waals surface area contributed by atoms with Gasteiger partial charge >= 0.3 is 0 Å². The van der Waals surface area contributed by atoms with Gasteiger partial charge in [-0.25, -0.2) is 0 Å². The molecule has 0 saturated heterocycles. The van der Waals surface area contributed by atoms with Crippen LogP contribution in [0.2, 0.25) is 5.02 Å². The maximum atomic E-state index is 6.09. The van der Waals surface area contributed by atoms with Crippen LogP contribution in [-0.4, -0.2) is 17.3 Å². The van der Waals surface area contributed by atoms with Crippen LogP contribution in [-0.2, 0) is 6.54 Å². The molecule has 19 heavy (non-hydrogen) atoms. The van der Waals surface area contributed by atoms with E-state index in [1.807, 2.05) is 18.2 Å². The Morgan fingerprint density at radius 2 is 2.26 bits per heavy atom. The number of hydrogen-bond acceptors (Lipinski definition) is 5. The van der Waals surface area contributed by atoms with E-state index in [0.717, 1.165) is 15.7 Å². The van der Waals surface area contributed by atoms with Crippen molar-refractivity contribution in [1.29, 1.82) is 0 Å². The number of hydrogen-bond donors (Lipinski definition) is 1. The molecular weight excluding hydrogens is 282 g/mol. The van der Waals surface area contributed by atoms with Crippen molar-refractivity contribution in [3.8, 4) is 5.75 Å². The first-order valence-corrected chi connectivity index (χ1v) is 7.35. The summed E-state index contributed by atoms with van der Waals surface area (Å²) in [6.07, 6.45) is 2.51. The molecule has 0 radical (unpaired) electrons. The van der Waals surface area contributed by atoms with Crippen molar-refractivity contribution >= 4 is 28.1 Å². The Morgan fingerprint density at radius 3 is 2.95 bits per heavy atom. The summed E-state index contributed by atoms with van der Waals surface area (Å²) in [7, 11) is 1.61. The first-order chi connectivity index (χ1) is 9.26. The maximum absolute atomic E-state index is 6.09. The highest BCUT2D eigenvalue weighted by molar-refractivity contribution is 7.15. The second-order valence-electron chi connectivity index (χ2n) is 4.54. The molecule has 1 aromatic heterocycles. The number of methoxy groups -OCH3 is 1. The van der Waals surface area contributed by atoms with Crippen LogP contribution in [0.1, 0.15) is 29.3 Å². The van der Waals surface area contributed by atoms with Gasteiger partial charge in [0.25, 0.3) is 0 Å². The Balaban J connectivity index is 1.62. The number of halogens is 1. The normalized spacial score (nSPS) is 14.4. The minimum atomic E-state index is 0.623. The van der Waals surface area contributed by atoms with Crippen LogP contribution in [0.15, 0.2) is 18.2 Å². The topological polar surface area (TPSA) is 47.0 Å². The van der Waals surface area contributed by atoms with Gasteiger partial charge in [-0.1, -0.05) is 29.0 Å². The third-order valence-electron chi connectivity index (χ3n) is 3.03. The standard InChI is InChI=1S/C13H14ClN3OS/c1-18-11-5-2-8(6-10(11)14)7-15-13-17-16-12(19-13)9-3-4-9/h2,5-6,9H,3-4,7H2,1H3,(H,15,17). The van der Waals surface area contributed by atoms with E-state index in [-0.39, 0.29) is 0 Å². The monoisotopic (exact) mass is 295 g/mol. The van der Waals surface area contributed by atoms with Gasteiger partial charge in [-0.2, -0.15) is 0 Å². The lowest BCUT2D eigenvalue weighted by atomic mass is 10.2. The summed E-state index contributed by atoms with van der Waals surface area (Å²) in [6, 6.07) is 5.76. The first kappa shape index (κ1) is 12.7. The summed E-state index contributed by atoms with van der Waals surface area (Å²) >= 11 is 7.73. The predicted octanol–water partition coefficient (Wildman–Crippen LogP) is 3.69. The molecule has 0 amide bonds. The van der Waals surface area contributed by atoms with E-state index in [1.165, 1.54) is 12.8 Å². The number of nitrogens with one attached hydrogen (secondary N) is 1. The van der Waals surface area contributed by atoms with E-state index in [1.54, 1.807) is 18.4 Å². The molecule has 0 spiro atoms. The van der Waals surface area contributed by atoms with Gasteiger partial charge in [0.1, 0.15) is 10.8 Å². The SMILES string of the molecule is COc1ccc(CNc2nnc(C3CC3)s2)cc1Cl. The predicted molar refractivity (Wildman–Crippen MR) is 77.2 cm³/mol. The van der Waals surface area contributed by atoms with Gasteiger partial charge in [0.2, 0.25) is 5.13 Å². The third kappa shape index (κ3) is 2.98. The average Bonchev–Trinajstić information content (AvgIpc) is 3.16. The largest absolute Gasteiger partial charge is 0.495 e. The van der Waals surface area contributed by atoms with Crippen molar-refractivity contribution in [2.45, 2.75) is 25.3 Å². The van der Waals surface area contributed by atoms with Gasteiger partial charge in [-0.05, 0) is 30.5 Å². The Morgan fingerprint density at radius 1 is 1.42 bits per heavy atom. The molecule has 6 heteroatoms. The van der Waals surface area contributed by atoms with Crippen molar-refractivity contribution in [2.75, 3.05) is 12.4 Å². The number of anilines is 1. The number of benzene rings is 1. The molecule has 1 saturated carbocycles. The fourth-order valence-electron chi connectivity index (χ4n) is 1.80. The molecule has 1 heterocycles. The van der Waals surface area contributed by atoms with Crippen molar-refractivity contribution < 1.29 is 4.74 Å². The van der Waals surface area contributed by atoms with Crippen molar-refractivity contribution in [3.05, 3.63) is 33.8 Å². The quantitative estimate of drug-likeness (QED) is 0.914. The van der Waals surface area contributed by atoms with Gasteiger partial charge in [-0.3, -0.25) is 0 Å². The zero-order valence-electron chi connectivity index (χ0n) is 10.5. The fourth-order valence-corrected chi connectivity index (χ4v) is 2.99. The van der Waals surface area contributed by atoms with Crippen LogP contribution in [0.4, 0.5) is 5.13 Å². The molecule has 3 rings (SSSR count). The lowest BCUT2D eigenvalue weighted by Gasteiger charge is -2.06. The highest BCUT2D eigenvalue weighted by atomic mass is 35.5. The average molecular weight is 296 g/mol. The molecule has 1 fully saturated rings. The summed E-state index contributed by atoms with van der Waals surface area (Å²) in [5, 5.41) is 14.3. The molecule has 1 N–H and O–H groups in total. The van der Waals surface area contributed by atoms with E-state index in [9.17, 15) is 0 Å². The third-order valence-corrected chi connectivity index (χ3v) is 4.37. The molecule has 0 unspecified atom stereocenters. The van der Waals surface area contributed by atoms with E-state index in [0.29, 0.717) is 23.2 Å². The Bertz CT molecular complexity index is 583. The van der Waals surface area contributed by atoms with Gasteiger partial charge < -0.3 is 10.1 Å². The zero-order chi connectivity index (χ0) is 13.2. The Labute approximate surface area is 120 Å². The molecule has 1 aliphatic carbocycles. The zero-order valence-corrected chi connectivity index (χ0v) is 12.1. The molecule has 1 aliphatic rings.